The second kappa shape index (κ2) is 4.94. The van der Waals surface area contributed by atoms with Gasteiger partial charge in [-0.15, -0.1) is 0 Å². The molecule has 1 atom stereocenters. The van der Waals surface area contributed by atoms with Crippen molar-refractivity contribution in [2.24, 2.45) is 0 Å². The zero-order valence-corrected chi connectivity index (χ0v) is 11.5. The Morgan fingerprint density at radius 3 is 2.15 bits per heavy atom. The van der Waals surface area contributed by atoms with Crippen molar-refractivity contribution in [3.05, 3.63) is 70.0 Å². The summed E-state index contributed by atoms with van der Waals surface area (Å²) in [5.41, 5.74) is 0.336. The molecule has 0 aliphatic rings. The van der Waals surface area contributed by atoms with Gasteiger partial charge >= 0.3 is 0 Å². The van der Waals surface area contributed by atoms with Crippen LogP contribution in [0.3, 0.4) is 0 Å². The number of benzene rings is 2. The molecule has 2 rings (SSSR count). The molecule has 1 N–H and O–H groups in total. The summed E-state index contributed by atoms with van der Waals surface area (Å²) >= 11 is 0. The lowest BCUT2D eigenvalue weighted by molar-refractivity contribution is 0.0966. The molecule has 0 amide bonds. The van der Waals surface area contributed by atoms with Crippen LogP contribution < -0.4 is 0 Å². The predicted octanol–water partition coefficient (Wildman–Crippen LogP) is 3.98. The van der Waals surface area contributed by atoms with Crippen LogP contribution in [0, 0.1) is 31.3 Å². The van der Waals surface area contributed by atoms with Crippen LogP contribution in [0.15, 0.2) is 30.3 Å². The molecular formula is C16H15F3O. The molecule has 0 saturated heterocycles. The highest BCUT2D eigenvalue weighted by Crippen LogP contribution is 2.33. The molecule has 0 aromatic heterocycles. The van der Waals surface area contributed by atoms with Crippen LogP contribution in [0.5, 0.6) is 0 Å². The lowest BCUT2D eigenvalue weighted by Crippen LogP contribution is -2.25. The fourth-order valence-electron chi connectivity index (χ4n) is 2.10. The van der Waals surface area contributed by atoms with Gasteiger partial charge in [0.2, 0.25) is 0 Å². The summed E-state index contributed by atoms with van der Waals surface area (Å²) in [6.45, 7) is 5.12. The van der Waals surface area contributed by atoms with Gasteiger partial charge in [-0.1, -0.05) is 18.2 Å². The maximum atomic E-state index is 13.8. The van der Waals surface area contributed by atoms with E-state index in [0.717, 1.165) is 23.3 Å². The molecule has 0 spiro atoms. The van der Waals surface area contributed by atoms with Crippen LogP contribution in [0.25, 0.3) is 0 Å². The molecule has 0 fully saturated rings. The van der Waals surface area contributed by atoms with Gasteiger partial charge in [0.15, 0.2) is 17.5 Å². The first-order chi connectivity index (χ1) is 9.25. The zero-order chi connectivity index (χ0) is 15.1. The SMILES string of the molecule is Cc1ccc(C(C)(O)c2ccc(F)c(F)c2F)cc1C. The monoisotopic (exact) mass is 280 g/mol. The minimum absolute atomic E-state index is 0.292. The molecule has 4 heteroatoms. The number of aryl methyl sites for hydroxylation is 2. The van der Waals surface area contributed by atoms with Gasteiger partial charge in [0, 0.05) is 5.56 Å². The molecule has 0 bridgehead atoms. The quantitative estimate of drug-likeness (QED) is 0.825. The Morgan fingerprint density at radius 2 is 1.55 bits per heavy atom. The molecule has 20 heavy (non-hydrogen) atoms. The van der Waals surface area contributed by atoms with Crippen molar-refractivity contribution in [1.29, 1.82) is 0 Å². The largest absolute Gasteiger partial charge is 0.381 e. The number of hydrogen-bond donors (Lipinski definition) is 1. The smallest absolute Gasteiger partial charge is 0.194 e. The van der Waals surface area contributed by atoms with Crippen LogP contribution in [0.2, 0.25) is 0 Å². The molecule has 0 aliphatic carbocycles. The van der Waals surface area contributed by atoms with E-state index in [-0.39, 0.29) is 5.56 Å². The summed E-state index contributed by atoms with van der Waals surface area (Å²) in [6.07, 6.45) is 0. The van der Waals surface area contributed by atoms with E-state index >= 15 is 0 Å². The summed E-state index contributed by atoms with van der Waals surface area (Å²) in [4.78, 5) is 0. The predicted molar refractivity (Wildman–Crippen MR) is 70.9 cm³/mol. The Kier molecular flexibility index (Phi) is 3.61. The van der Waals surface area contributed by atoms with E-state index in [0.29, 0.717) is 5.56 Å². The Labute approximate surface area is 115 Å². The molecule has 2 aromatic rings. The van der Waals surface area contributed by atoms with Crippen LogP contribution in [0.1, 0.15) is 29.2 Å². The van der Waals surface area contributed by atoms with Gasteiger partial charge in [0.05, 0.1) is 0 Å². The second-order valence-electron chi connectivity index (χ2n) is 5.09. The summed E-state index contributed by atoms with van der Waals surface area (Å²) in [5, 5.41) is 10.5. The molecule has 0 heterocycles. The molecule has 1 unspecified atom stereocenters. The normalized spacial score (nSPS) is 14.2. The number of hydrogen-bond acceptors (Lipinski definition) is 1. The van der Waals surface area contributed by atoms with Gasteiger partial charge in [-0.3, -0.25) is 0 Å². The number of aliphatic hydroxyl groups is 1. The second-order valence-corrected chi connectivity index (χ2v) is 5.09. The van der Waals surface area contributed by atoms with Gasteiger partial charge in [-0.2, -0.15) is 0 Å². The highest BCUT2D eigenvalue weighted by molar-refractivity contribution is 5.40. The van der Waals surface area contributed by atoms with Crippen LogP contribution in [0.4, 0.5) is 13.2 Å². The highest BCUT2D eigenvalue weighted by Gasteiger charge is 2.31. The van der Waals surface area contributed by atoms with E-state index in [1.54, 1.807) is 18.2 Å². The fraction of sp³-hybridized carbons (Fsp3) is 0.250. The summed E-state index contributed by atoms with van der Waals surface area (Å²) in [6, 6.07) is 7.00. The zero-order valence-electron chi connectivity index (χ0n) is 11.5. The fourth-order valence-corrected chi connectivity index (χ4v) is 2.10. The van der Waals surface area contributed by atoms with Crippen LogP contribution in [-0.2, 0) is 5.60 Å². The van der Waals surface area contributed by atoms with Crippen molar-refractivity contribution in [3.63, 3.8) is 0 Å². The molecule has 2 aromatic carbocycles. The third-order valence-electron chi connectivity index (χ3n) is 3.63. The molecule has 0 radical (unpaired) electrons. The van der Waals surface area contributed by atoms with Gasteiger partial charge in [0.25, 0.3) is 0 Å². The minimum Gasteiger partial charge on any atom is -0.381 e. The summed E-state index contributed by atoms with van der Waals surface area (Å²) in [5.74, 6) is -4.22. The van der Waals surface area contributed by atoms with E-state index in [9.17, 15) is 18.3 Å². The maximum absolute atomic E-state index is 13.8. The van der Waals surface area contributed by atoms with Gasteiger partial charge < -0.3 is 5.11 Å². The van der Waals surface area contributed by atoms with E-state index < -0.39 is 23.1 Å². The standard InChI is InChI=1S/C16H15F3O/c1-9-4-5-11(8-10(9)2)16(3,20)12-6-7-13(17)15(19)14(12)18/h4-8,20H,1-3H3. The Morgan fingerprint density at radius 1 is 0.900 bits per heavy atom. The Hall–Kier alpha value is -1.81. The Balaban J connectivity index is 2.60. The first-order valence-electron chi connectivity index (χ1n) is 6.19. The van der Waals surface area contributed by atoms with Crippen molar-refractivity contribution >= 4 is 0 Å². The summed E-state index contributed by atoms with van der Waals surface area (Å²) in [7, 11) is 0. The topological polar surface area (TPSA) is 20.2 Å². The van der Waals surface area contributed by atoms with Crippen molar-refractivity contribution in [2.75, 3.05) is 0 Å². The van der Waals surface area contributed by atoms with E-state index in [2.05, 4.69) is 0 Å². The number of halogens is 3. The first kappa shape index (κ1) is 14.6. The van der Waals surface area contributed by atoms with Crippen molar-refractivity contribution in [2.45, 2.75) is 26.4 Å². The Bertz CT molecular complexity index is 663. The first-order valence-corrected chi connectivity index (χ1v) is 6.19. The van der Waals surface area contributed by atoms with Crippen LogP contribution in [-0.4, -0.2) is 5.11 Å². The molecule has 0 aliphatic heterocycles. The van der Waals surface area contributed by atoms with Gasteiger partial charge in [-0.05, 0) is 49.6 Å². The third-order valence-corrected chi connectivity index (χ3v) is 3.63. The third kappa shape index (κ3) is 2.31. The van der Waals surface area contributed by atoms with Gasteiger partial charge in [0.1, 0.15) is 5.60 Å². The average Bonchev–Trinajstić information content (AvgIpc) is 2.38. The van der Waals surface area contributed by atoms with E-state index in [4.69, 9.17) is 0 Å². The molecule has 0 saturated carbocycles. The van der Waals surface area contributed by atoms with Crippen molar-refractivity contribution in [3.8, 4) is 0 Å². The lowest BCUT2D eigenvalue weighted by atomic mass is 9.86. The molecule has 106 valence electrons. The highest BCUT2D eigenvalue weighted by atomic mass is 19.2. The van der Waals surface area contributed by atoms with Crippen molar-refractivity contribution < 1.29 is 18.3 Å². The molecular weight excluding hydrogens is 265 g/mol. The summed E-state index contributed by atoms with van der Waals surface area (Å²) < 4.78 is 40.1. The van der Waals surface area contributed by atoms with Crippen molar-refractivity contribution in [1.82, 2.24) is 0 Å². The maximum Gasteiger partial charge on any atom is 0.194 e. The average molecular weight is 280 g/mol. The van der Waals surface area contributed by atoms with Gasteiger partial charge in [-0.25, -0.2) is 13.2 Å². The minimum atomic E-state index is -1.74. The van der Waals surface area contributed by atoms with E-state index in [1.165, 1.54) is 6.92 Å². The molecule has 1 nitrogen and oxygen atoms in total. The van der Waals surface area contributed by atoms with E-state index in [1.807, 2.05) is 13.8 Å². The lowest BCUT2D eigenvalue weighted by Gasteiger charge is -2.26. The van der Waals surface area contributed by atoms with Crippen LogP contribution >= 0.6 is 0 Å². The number of rotatable bonds is 2.